The maximum Gasteiger partial charge on any atom is 0.311 e. The zero-order valence-electron chi connectivity index (χ0n) is 33.9. The highest BCUT2D eigenvalue weighted by molar-refractivity contribution is 5.73. The molecule has 0 spiro atoms. The van der Waals surface area contributed by atoms with Crippen molar-refractivity contribution in [2.24, 2.45) is 23.7 Å². The molecule has 5 fully saturated rings. The molecule has 19 atom stereocenters. The first-order chi connectivity index (χ1) is 24.8. The van der Waals surface area contributed by atoms with E-state index in [1.807, 2.05) is 27.7 Å². The molecule has 14 nitrogen and oxygen atoms in total. The van der Waals surface area contributed by atoms with Gasteiger partial charge in [-0.1, -0.05) is 27.7 Å². The van der Waals surface area contributed by atoms with E-state index in [1.165, 1.54) is 14.0 Å². The Morgan fingerprint density at radius 2 is 1.68 bits per heavy atom. The number of ether oxygens (including phenoxy) is 7. The summed E-state index contributed by atoms with van der Waals surface area (Å²) in [6.45, 7) is 21.7. The van der Waals surface area contributed by atoms with Gasteiger partial charge in [-0.2, -0.15) is 0 Å². The zero-order chi connectivity index (χ0) is 39.2. The summed E-state index contributed by atoms with van der Waals surface area (Å²) in [6, 6.07) is -0.169. The van der Waals surface area contributed by atoms with Crippen molar-refractivity contribution in [1.29, 1.82) is 0 Å². The second-order valence-corrected chi connectivity index (χ2v) is 17.6. The Kier molecular flexibility index (Phi) is 13.7. The van der Waals surface area contributed by atoms with Crippen molar-refractivity contribution in [2.75, 3.05) is 33.3 Å². The first-order valence-electron chi connectivity index (χ1n) is 20.0. The molecule has 0 aromatic rings. The molecule has 0 saturated carbocycles. The number of piperazine rings is 1. The highest BCUT2D eigenvalue weighted by atomic mass is 16.7. The number of rotatable bonds is 9. The number of carbonyl (C=O) groups excluding carboxylic acids is 1. The van der Waals surface area contributed by atoms with Gasteiger partial charge in [0.15, 0.2) is 12.6 Å². The standard InChI is InChI=1S/C39H70N2O12/c1-12-27(42)39(10,46)34-22(4)30-20(2)18-38(9,53-30)33(52-36-29(43)26(17-21(3)48-36)41-15-13-40-14-16-41)23(5)31(24(6)35(45)51-34)50-28-19-37(8,47-11)32(44)25(7)49-28/h20-34,36,40,42-44,46H,12-19H2,1-11H3/t20?,21?,22-,23-,24+,25?,26?,27+,28-,29?,30?,31-,32-,33+,34+,36-,37?,38?,39+/m0/s1. The number of nitrogens with zero attached hydrogens (tertiary/aromatic N) is 1. The predicted octanol–water partition coefficient (Wildman–Crippen LogP) is 1.97. The number of fused-ring (bicyclic) bond motifs is 2. The summed E-state index contributed by atoms with van der Waals surface area (Å²) < 4.78 is 45.5. The van der Waals surface area contributed by atoms with Crippen LogP contribution in [0.4, 0.5) is 0 Å². The number of nitrogens with one attached hydrogen (secondary N) is 1. The van der Waals surface area contributed by atoms with Crippen LogP contribution in [0.1, 0.15) is 94.9 Å². The molecular weight excluding hydrogens is 688 g/mol. The van der Waals surface area contributed by atoms with E-state index in [0.29, 0.717) is 12.8 Å². The Balaban J connectivity index is 1.57. The topological polar surface area (TPSA) is 178 Å². The van der Waals surface area contributed by atoms with Crippen molar-refractivity contribution in [1.82, 2.24) is 10.2 Å². The molecule has 0 radical (unpaired) electrons. The molecule has 2 bridgehead atoms. The summed E-state index contributed by atoms with van der Waals surface area (Å²) in [4.78, 5) is 16.7. The Bertz CT molecular complexity index is 1220. The summed E-state index contributed by atoms with van der Waals surface area (Å²) >= 11 is 0. The van der Waals surface area contributed by atoms with Crippen molar-refractivity contribution in [2.45, 2.75) is 185 Å². The van der Waals surface area contributed by atoms with Gasteiger partial charge in [0, 0.05) is 57.6 Å². The molecule has 53 heavy (non-hydrogen) atoms. The Hall–Kier alpha value is -1.01. The number of cyclic esters (lactones) is 1. The minimum atomic E-state index is -1.79. The average Bonchev–Trinajstić information content (AvgIpc) is 3.44. The monoisotopic (exact) mass is 758 g/mol. The van der Waals surface area contributed by atoms with Gasteiger partial charge >= 0.3 is 5.97 Å². The van der Waals surface area contributed by atoms with Crippen molar-refractivity contribution in [3.63, 3.8) is 0 Å². The molecule has 5 rings (SSSR count). The zero-order valence-corrected chi connectivity index (χ0v) is 33.9. The molecule has 5 saturated heterocycles. The van der Waals surface area contributed by atoms with E-state index >= 15 is 0 Å². The quantitative estimate of drug-likeness (QED) is 0.216. The number of aliphatic hydroxyl groups excluding tert-OH is 3. The van der Waals surface area contributed by atoms with Crippen LogP contribution < -0.4 is 5.32 Å². The van der Waals surface area contributed by atoms with Crippen LogP contribution in [-0.2, 0) is 38.0 Å². The number of hydrogen-bond acceptors (Lipinski definition) is 14. The predicted molar refractivity (Wildman–Crippen MR) is 195 cm³/mol. The molecule has 5 aliphatic heterocycles. The SMILES string of the molecule is CC[C@@H](O)[C@@](C)(O)[C@@H]1OC(=O)[C@H](C)[C@@H](O[C@H]2CC(C)(OC)[C@@H](O)C(C)O2)[C@H](C)[C@@H](O[C@@H]2OC(C)CC(N3CCNCC3)C2O)C2(C)CC(C)C(O2)[C@@H]1C. The van der Waals surface area contributed by atoms with Crippen LogP contribution in [-0.4, -0.2) is 155 Å². The molecule has 308 valence electrons. The van der Waals surface area contributed by atoms with Crippen molar-refractivity contribution >= 4 is 5.97 Å². The van der Waals surface area contributed by atoms with Crippen LogP contribution in [0.15, 0.2) is 0 Å². The summed E-state index contributed by atoms with van der Waals surface area (Å²) in [7, 11) is 1.54. The highest BCUT2D eigenvalue weighted by Gasteiger charge is 2.59. The molecule has 5 N–H and O–H groups in total. The van der Waals surface area contributed by atoms with Crippen LogP contribution in [0.3, 0.4) is 0 Å². The first kappa shape index (κ1) is 43.1. The third-order valence-corrected chi connectivity index (χ3v) is 13.3. The molecular formula is C39H70N2O12. The normalized spacial score (nSPS) is 49.4. The molecule has 0 amide bonds. The van der Waals surface area contributed by atoms with E-state index in [2.05, 4.69) is 17.1 Å². The number of methoxy groups -OCH3 is 1. The van der Waals surface area contributed by atoms with Gasteiger partial charge < -0.3 is 58.9 Å². The molecule has 5 heterocycles. The van der Waals surface area contributed by atoms with Crippen molar-refractivity contribution < 1.29 is 58.4 Å². The Morgan fingerprint density at radius 1 is 1.02 bits per heavy atom. The highest BCUT2D eigenvalue weighted by Crippen LogP contribution is 2.48. The largest absolute Gasteiger partial charge is 0.459 e. The second kappa shape index (κ2) is 16.8. The molecule has 5 aliphatic rings. The van der Waals surface area contributed by atoms with E-state index in [4.69, 9.17) is 33.2 Å². The lowest BCUT2D eigenvalue weighted by Crippen LogP contribution is -2.62. The number of esters is 1. The van der Waals surface area contributed by atoms with Crippen molar-refractivity contribution in [3.05, 3.63) is 0 Å². The fourth-order valence-corrected chi connectivity index (χ4v) is 10.1. The molecule has 8 unspecified atom stereocenters. The molecule has 0 aromatic carbocycles. The summed E-state index contributed by atoms with van der Waals surface area (Å²) in [6.07, 6.45) is -7.29. The summed E-state index contributed by atoms with van der Waals surface area (Å²) in [5.41, 5.74) is -3.73. The van der Waals surface area contributed by atoms with Crippen LogP contribution in [0.5, 0.6) is 0 Å². The number of aliphatic hydroxyl groups is 4. The lowest BCUT2D eigenvalue weighted by molar-refractivity contribution is -0.318. The maximum absolute atomic E-state index is 14.4. The van der Waals surface area contributed by atoms with Crippen LogP contribution in [0.2, 0.25) is 0 Å². The van der Waals surface area contributed by atoms with Gasteiger partial charge in [0.2, 0.25) is 0 Å². The fraction of sp³-hybridized carbons (Fsp3) is 0.974. The minimum absolute atomic E-state index is 0.0589. The van der Waals surface area contributed by atoms with Crippen LogP contribution in [0.25, 0.3) is 0 Å². The smallest absolute Gasteiger partial charge is 0.311 e. The lowest BCUT2D eigenvalue weighted by atomic mass is 9.76. The second-order valence-electron chi connectivity index (χ2n) is 17.6. The number of carbonyl (C=O) groups is 1. The van der Waals surface area contributed by atoms with Gasteiger partial charge in [-0.05, 0) is 66.7 Å². The lowest BCUT2D eigenvalue weighted by Gasteiger charge is -2.49. The van der Waals surface area contributed by atoms with E-state index in [-0.39, 0.29) is 30.9 Å². The van der Waals surface area contributed by atoms with Crippen LogP contribution >= 0.6 is 0 Å². The number of hydrogen-bond donors (Lipinski definition) is 5. The van der Waals surface area contributed by atoms with E-state index in [1.54, 1.807) is 27.7 Å². The Morgan fingerprint density at radius 3 is 2.30 bits per heavy atom. The third kappa shape index (κ3) is 8.64. The van der Waals surface area contributed by atoms with Gasteiger partial charge in [-0.25, -0.2) is 0 Å². The van der Waals surface area contributed by atoms with E-state index in [9.17, 15) is 25.2 Å². The average molecular weight is 759 g/mol. The van der Waals surface area contributed by atoms with Crippen molar-refractivity contribution in [3.8, 4) is 0 Å². The van der Waals surface area contributed by atoms with E-state index in [0.717, 1.165) is 26.2 Å². The van der Waals surface area contributed by atoms with Gasteiger partial charge in [0.25, 0.3) is 0 Å². The first-order valence-corrected chi connectivity index (χ1v) is 20.0. The molecule has 0 aromatic heterocycles. The van der Waals surface area contributed by atoms with Gasteiger partial charge in [-0.15, -0.1) is 0 Å². The third-order valence-electron chi connectivity index (χ3n) is 13.3. The Labute approximate surface area is 316 Å². The van der Waals surface area contributed by atoms with Gasteiger partial charge in [0.05, 0.1) is 53.7 Å². The molecule has 0 aliphatic carbocycles. The fourth-order valence-electron chi connectivity index (χ4n) is 10.1. The molecule has 14 heteroatoms. The summed E-state index contributed by atoms with van der Waals surface area (Å²) in [5.74, 6) is -2.67. The van der Waals surface area contributed by atoms with E-state index < -0.39 is 102 Å². The minimum Gasteiger partial charge on any atom is -0.459 e. The van der Waals surface area contributed by atoms with Gasteiger partial charge in [-0.3, -0.25) is 9.69 Å². The van der Waals surface area contributed by atoms with Crippen LogP contribution in [0, 0.1) is 23.7 Å². The summed E-state index contributed by atoms with van der Waals surface area (Å²) in [5, 5.41) is 49.1. The van der Waals surface area contributed by atoms with Gasteiger partial charge in [0.1, 0.15) is 23.9 Å². The maximum atomic E-state index is 14.4.